The highest BCUT2D eigenvalue weighted by Gasteiger charge is 2.34. The minimum absolute atomic E-state index is 0.362. The van der Waals surface area contributed by atoms with Crippen LogP contribution in [0.3, 0.4) is 0 Å². The molecule has 19 heavy (non-hydrogen) atoms. The van der Waals surface area contributed by atoms with E-state index in [1.54, 1.807) is 0 Å². The first-order chi connectivity index (χ1) is 9.34. The van der Waals surface area contributed by atoms with E-state index in [0.717, 1.165) is 51.1 Å². The lowest BCUT2D eigenvalue weighted by atomic mass is 9.79. The first-order valence-electron chi connectivity index (χ1n) is 8.07. The Morgan fingerprint density at radius 1 is 1.05 bits per heavy atom. The molecule has 1 amide bonds. The summed E-state index contributed by atoms with van der Waals surface area (Å²) in [6.07, 6.45) is 7.70. The Balaban J connectivity index is 1.44. The molecule has 4 nitrogen and oxygen atoms in total. The Morgan fingerprint density at radius 3 is 2.53 bits per heavy atom. The van der Waals surface area contributed by atoms with Crippen LogP contribution in [0.4, 0.5) is 0 Å². The van der Waals surface area contributed by atoms with Crippen molar-refractivity contribution < 1.29 is 4.79 Å². The van der Waals surface area contributed by atoms with Gasteiger partial charge in [0.2, 0.25) is 5.91 Å². The first kappa shape index (κ1) is 13.4. The third-order valence-corrected chi connectivity index (χ3v) is 5.19. The Bertz CT molecular complexity index is 311. The van der Waals surface area contributed by atoms with Gasteiger partial charge in [-0.3, -0.25) is 9.69 Å². The van der Waals surface area contributed by atoms with Gasteiger partial charge in [0.25, 0.3) is 0 Å². The molecule has 0 aromatic rings. The molecular formula is C15H27N3O. The fourth-order valence-electron chi connectivity index (χ4n) is 3.80. The molecule has 0 bridgehead atoms. The maximum atomic E-state index is 12.2. The maximum absolute atomic E-state index is 12.2. The van der Waals surface area contributed by atoms with Gasteiger partial charge in [0, 0.05) is 45.2 Å². The van der Waals surface area contributed by atoms with Crippen LogP contribution in [0, 0.1) is 5.92 Å². The van der Waals surface area contributed by atoms with Gasteiger partial charge in [-0.2, -0.15) is 0 Å². The van der Waals surface area contributed by atoms with Crippen molar-refractivity contribution in [3.05, 3.63) is 0 Å². The van der Waals surface area contributed by atoms with Gasteiger partial charge < -0.3 is 10.2 Å². The van der Waals surface area contributed by atoms with Crippen molar-refractivity contribution in [2.24, 2.45) is 5.92 Å². The average Bonchev–Trinajstić information content (AvgIpc) is 2.83. The zero-order chi connectivity index (χ0) is 13.1. The molecule has 3 rings (SSSR count). The summed E-state index contributed by atoms with van der Waals surface area (Å²) in [6, 6.07) is 0.796. The summed E-state index contributed by atoms with van der Waals surface area (Å²) in [5, 5.41) is 3.30. The van der Waals surface area contributed by atoms with E-state index in [9.17, 15) is 4.79 Å². The number of piperazine rings is 1. The molecule has 108 valence electrons. The lowest BCUT2D eigenvalue weighted by molar-refractivity contribution is -0.132. The average molecular weight is 265 g/mol. The van der Waals surface area contributed by atoms with Crippen LogP contribution in [-0.2, 0) is 4.79 Å². The topological polar surface area (TPSA) is 35.6 Å². The molecule has 0 aromatic carbocycles. The quantitative estimate of drug-likeness (QED) is 0.826. The number of carbonyl (C=O) groups is 1. The molecule has 3 aliphatic rings. The highest BCUT2D eigenvalue weighted by Crippen LogP contribution is 2.37. The Hall–Kier alpha value is -0.610. The van der Waals surface area contributed by atoms with Gasteiger partial charge in [0.1, 0.15) is 0 Å². The van der Waals surface area contributed by atoms with E-state index < -0.39 is 0 Å². The largest absolute Gasteiger partial charge is 0.340 e. The molecule has 2 saturated heterocycles. The fourth-order valence-corrected chi connectivity index (χ4v) is 3.80. The summed E-state index contributed by atoms with van der Waals surface area (Å²) in [7, 11) is 0. The standard InChI is InChI=1S/C15H27N3O/c19-15(18-11-7-16-8-12-18)6-10-17-9-2-5-14(17)13-3-1-4-13/h13-14,16H,1-12H2. The van der Waals surface area contributed by atoms with Gasteiger partial charge >= 0.3 is 0 Å². The zero-order valence-corrected chi connectivity index (χ0v) is 11.9. The van der Waals surface area contributed by atoms with Crippen molar-refractivity contribution in [1.29, 1.82) is 0 Å². The molecule has 1 aliphatic carbocycles. The molecule has 2 aliphatic heterocycles. The van der Waals surface area contributed by atoms with Crippen LogP contribution in [0.2, 0.25) is 0 Å². The zero-order valence-electron chi connectivity index (χ0n) is 11.9. The minimum Gasteiger partial charge on any atom is -0.340 e. The van der Waals surface area contributed by atoms with E-state index >= 15 is 0 Å². The van der Waals surface area contributed by atoms with Gasteiger partial charge in [-0.15, -0.1) is 0 Å². The molecule has 3 fully saturated rings. The van der Waals surface area contributed by atoms with E-state index in [2.05, 4.69) is 10.2 Å². The summed E-state index contributed by atoms with van der Waals surface area (Å²) in [5.41, 5.74) is 0. The van der Waals surface area contributed by atoms with E-state index in [1.165, 1.54) is 38.6 Å². The van der Waals surface area contributed by atoms with E-state index in [0.29, 0.717) is 5.91 Å². The van der Waals surface area contributed by atoms with Crippen LogP contribution in [0.5, 0.6) is 0 Å². The molecule has 0 radical (unpaired) electrons. The second kappa shape index (κ2) is 6.23. The Kier molecular flexibility index (Phi) is 4.38. The smallest absolute Gasteiger partial charge is 0.223 e. The highest BCUT2D eigenvalue weighted by molar-refractivity contribution is 5.76. The molecule has 4 heteroatoms. The molecule has 1 atom stereocenters. The number of rotatable bonds is 4. The fraction of sp³-hybridized carbons (Fsp3) is 0.933. The lowest BCUT2D eigenvalue weighted by Gasteiger charge is -2.37. The number of nitrogens with zero attached hydrogens (tertiary/aromatic N) is 2. The van der Waals surface area contributed by atoms with Gasteiger partial charge in [-0.05, 0) is 38.1 Å². The van der Waals surface area contributed by atoms with Crippen LogP contribution >= 0.6 is 0 Å². The monoisotopic (exact) mass is 265 g/mol. The molecular weight excluding hydrogens is 238 g/mol. The van der Waals surface area contributed by atoms with Gasteiger partial charge in [0.05, 0.1) is 0 Å². The van der Waals surface area contributed by atoms with Crippen molar-refractivity contribution in [2.45, 2.75) is 44.6 Å². The van der Waals surface area contributed by atoms with Gasteiger partial charge in [0.15, 0.2) is 0 Å². The van der Waals surface area contributed by atoms with Crippen molar-refractivity contribution in [3.63, 3.8) is 0 Å². The van der Waals surface area contributed by atoms with Crippen molar-refractivity contribution in [3.8, 4) is 0 Å². The number of hydrogen-bond acceptors (Lipinski definition) is 3. The number of nitrogens with one attached hydrogen (secondary N) is 1. The third-order valence-electron chi connectivity index (χ3n) is 5.19. The van der Waals surface area contributed by atoms with Crippen molar-refractivity contribution in [2.75, 3.05) is 39.3 Å². The van der Waals surface area contributed by atoms with Gasteiger partial charge in [-0.25, -0.2) is 0 Å². The number of hydrogen-bond donors (Lipinski definition) is 1. The van der Waals surface area contributed by atoms with Gasteiger partial charge in [-0.1, -0.05) is 6.42 Å². The normalized spacial score (nSPS) is 29.5. The second-order valence-corrected chi connectivity index (χ2v) is 6.32. The van der Waals surface area contributed by atoms with Crippen LogP contribution < -0.4 is 5.32 Å². The summed E-state index contributed by atoms with van der Waals surface area (Å²) in [4.78, 5) is 16.8. The van der Waals surface area contributed by atoms with Crippen molar-refractivity contribution >= 4 is 5.91 Å². The predicted molar refractivity (Wildman–Crippen MR) is 76.0 cm³/mol. The van der Waals surface area contributed by atoms with E-state index in [1.807, 2.05) is 4.90 Å². The summed E-state index contributed by atoms with van der Waals surface area (Å²) < 4.78 is 0. The maximum Gasteiger partial charge on any atom is 0.223 e. The number of carbonyl (C=O) groups excluding carboxylic acids is 1. The highest BCUT2D eigenvalue weighted by atomic mass is 16.2. The van der Waals surface area contributed by atoms with Crippen LogP contribution in [0.25, 0.3) is 0 Å². The van der Waals surface area contributed by atoms with Crippen LogP contribution in [0.15, 0.2) is 0 Å². The molecule has 1 N–H and O–H groups in total. The predicted octanol–water partition coefficient (Wildman–Crippen LogP) is 1.07. The number of amides is 1. The minimum atomic E-state index is 0.362. The van der Waals surface area contributed by atoms with Crippen LogP contribution in [-0.4, -0.2) is 61.0 Å². The molecule has 1 unspecified atom stereocenters. The molecule has 0 spiro atoms. The molecule has 1 saturated carbocycles. The summed E-state index contributed by atoms with van der Waals surface area (Å²) in [5.74, 6) is 1.30. The third kappa shape index (κ3) is 3.11. The van der Waals surface area contributed by atoms with E-state index in [-0.39, 0.29) is 0 Å². The molecule has 0 aromatic heterocycles. The van der Waals surface area contributed by atoms with Crippen LogP contribution in [0.1, 0.15) is 38.5 Å². The van der Waals surface area contributed by atoms with E-state index in [4.69, 9.17) is 0 Å². The first-order valence-corrected chi connectivity index (χ1v) is 8.07. The Labute approximate surface area is 116 Å². The Morgan fingerprint density at radius 2 is 1.84 bits per heavy atom. The molecule has 2 heterocycles. The summed E-state index contributed by atoms with van der Waals surface area (Å²) >= 11 is 0. The second-order valence-electron chi connectivity index (χ2n) is 6.32. The SMILES string of the molecule is O=C(CCN1CCCC1C1CCC1)N1CCNCC1. The summed E-state index contributed by atoms with van der Waals surface area (Å²) in [6.45, 7) is 5.91. The number of likely N-dealkylation sites (tertiary alicyclic amines) is 1. The lowest BCUT2D eigenvalue weighted by Crippen LogP contribution is -2.47. The van der Waals surface area contributed by atoms with Crippen molar-refractivity contribution in [1.82, 2.24) is 15.1 Å².